The fourth-order valence-corrected chi connectivity index (χ4v) is 3.15. The number of amides is 1. The zero-order valence-corrected chi connectivity index (χ0v) is 15.0. The van der Waals surface area contributed by atoms with Gasteiger partial charge in [0.1, 0.15) is 5.92 Å². The summed E-state index contributed by atoms with van der Waals surface area (Å²) in [5.41, 5.74) is 0.802. The van der Waals surface area contributed by atoms with Gasteiger partial charge in [0.2, 0.25) is 5.91 Å². The monoisotopic (exact) mass is 383 g/mol. The first-order valence-electron chi connectivity index (χ1n) is 8.14. The molecule has 1 amide bonds. The Morgan fingerprint density at radius 2 is 2.09 bits per heavy atom. The molecule has 2 atom stereocenters. The van der Waals surface area contributed by atoms with Crippen LogP contribution in [0.3, 0.4) is 0 Å². The van der Waals surface area contributed by atoms with Gasteiger partial charge in [0.05, 0.1) is 32.7 Å². The standard InChI is InChI=1S/C17H23BrN2O3/c1-2-23-17(22)13-4-3-10-20(12-13)11-9-16(21)19-15-7-5-14(18)6-8-15/h5-8,13H,2-4,9-12H2,1H3,(H,19,21)/p+1. The third-order valence-corrected chi connectivity index (χ3v) is 4.60. The minimum absolute atomic E-state index is 0.0121. The number of carbonyl (C=O) groups excluding carboxylic acids is 2. The molecule has 0 radical (unpaired) electrons. The Kier molecular flexibility index (Phi) is 7.05. The Labute approximate surface area is 145 Å². The van der Waals surface area contributed by atoms with Crippen LogP contribution < -0.4 is 10.2 Å². The molecule has 1 aliphatic rings. The van der Waals surface area contributed by atoms with E-state index >= 15 is 0 Å². The van der Waals surface area contributed by atoms with Gasteiger partial charge < -0.3 is 15.0 Å². The molecule has 2 N–H and O–H groups in total. The second-order valence-corrected chi connectivity index (χ2v) is 6.77. The average molecular weight is 384 g/mol. The number of quaternary nitrogens is 1. The number of ether oxygens (including phenoxy) is 1. The molecule has 1 heterocycles. The Balaban J connectivity index is 1.75. The molecule has 0 saturated carbocycles. The van der Waals surface area contributed by atoms with Crippen LogP contribution in [0.15, 0.2) is 28.7 Å². The lowest BCUT2D eigenvalue weighted by molar-refractivity contribution is -0.906. The van der Waals surface area contributed by atoms with Crippen LogP contribution >= 0.6 is 15.9 Å². The fraction of sp³-hybridized carbons (Fsp3) is 0.529. The summed E-state index contributed by atoms with van der Waals surface area (Å²) in [4.78, 5) is 25.2. The van der Waals surface area contributed by atoms with Gasteiger partial charge in [-0.15, -0.1) is 0 Å². The van der Waals surface area contributed by atoms with Crippen molar-refractivity contribution in [3.05, 3.63) is 28.7 Å². The molecule has 23 heavy (non-hydrogen) atoms. The van der Waals surface area contributed by atoms with Gasteiger partial charge in [0.25, 0.3) is 0 Å². The van der Waals surface area contributed by atoms with Crippen LogP contribution in [0, 0.1) is 5.92 Å². The third-order valence-electron chi connectivity index (χ3n) is 4.07. The highest BCUT2D eigenvalue weighted by molar-refractivity contribution is 9.10. The van der Waals surface area contributed by atoms with E-state index in [0.717, 1.165) is 42.6 Å². The van der Waals surface area contributed by atoms with Gasteiger partial charge in [0, 0.05) is 10.2 Å². The molecular weight excluding hydrogens is 360 g/mol. The number of rotatable bonds is 6. The minimum Gasteiger partial charge on any atom is -0.466 e. The van der Waals surface area contributed by atoms with Gasteiger partial charge in [0.15, 0.2) is 0 Å². The Hall–Kier alpha value is -1.40. The molecule has 1 aliphatic heterocycles. The number of benzene rings is 1. The van der Waals surface area contributed by atoms with Crippen molar-refractivity contribution in [2.24, 2.45) is 5.92 Å². The van der Waals surface area contributed by atoms with Crippen molar-refractivity contribution >= 4 is 33.5 Å². The van der Waals surface area contributed by atoms with Gasteiger partial charge in [-0.2, -0.15) is 0 Å². The van der Waals surface area contributed by atoms with Crippen molar-refractivity contribution in [1.82, 2.24) is 0 Å². The molecule has 126 valence electrons. The smallest absolute Gasteiger partial charge is 0.314 e. The zero-order valence-electron chi connectivity index (χ0n) is 13.4. The number of esters is 1. The predicted molar refractivity (Wildman–Crippen MR) is 92.3 cm³/mol. The van der Waals surface area contributed by atoms with E-state index in [1.807, 2.05) is 31.2 Å². The highest BCUT2D eigenvalue weighted by atomic mass is 79.9. The second kappa shape index (κ2) is 9.03. The van der Waals surface area contributed by atoms with E-state index in [0.29, 0.717) is 13.0 Å². The largest absolute Gasteiger partial charge is 0.466 e. The topological polar surface area (TPSA) is 59.8 Å². The predicted octanol–water partition coefficient (Wildman–Crippen LogP) is 1.64. The van der Waals surface area contributed by atoms with E-state index in [1.54, 1.807) is 0 Å². The lowest BCUT2D eigenvalue weighted by atomic mass is 9.98. The summed E-state index contributed by atoms with van der Waals surface area (Å²) in [7, 11) is 0. The summed E-state index contributed by atoms with van der Waals surface area (Å²) in [6, 6.07) is 7.53. The zero-order chi connectivity index (χ0) is 16.7. The van der Waals surface area contributed by atoms with E-state index in [2.05, 4.69) is 21.2 Å². The molecular formula is C17H24BrN2O3+. The molecule has 1 aromatic rings. The molecule has 0 bridgehead atoms. The molecule has 0 aliphatic carbocycles. The van der Waals surface area contributed by atoms with Crippen LogP contribution in [0.4, 0.5) is 5.69 Å². The van der Waals surface area contributed by atoms with E-state index in [-0.39, 0.29) is 17.8 Å². The normalized spacial score (nSPS) is 20.8. The average Bonchev–Trinajstić information content (AvgIpc) is 2.56. The number of carbonyl (C=O) groups is 2. The summed E-state index contributed by atoms with van der Waals surface area (Å²) in [5, 5.41) is 2.90. The fourth-order valence-electron chi connectivity index (χ4n) is 2.89. The number of anilines is 1. The molecule has 0 spiro atoms. The molecule has 2 rings (SSSR count). The van der Waals surface area contributed by atoms with Crippen molar-refractivity contribution < 1.29 is 19.2 Å². The molecule has 5 nitrogen and oxygen atoms in total. The van der Waals surface area contributed by atoms with E-state index in [1.165, 1.54) is 4.90 Å². The quantitative estimate of drug-likeness (QED) is 0.734. The first-order chi connectivity index (χ1) is 11.1. The van der Waals surface area contributed by atoms with Crippen molar-refractivity contribution in [2.75, 3.05) is 31.6 Å². The maximum atomic E-state index is 12.0. The summed E-state index contributed by atoms with van der Waals surface area (Å²) >= 11 is 3.37. The first kappa shape index (κ1) is 17.9. The number of piperidine rings is 1. The number of hydrogen-bond donors (Lipinski definition) is 2. The number of nitrogens with one attached hydrogen (secondary N) is 2. The van der Waals surface area contributed by atoms with E-state index in [9.17, 15) is 9.59 Å². The van der Waals surface area contributed by atoms with E-state index < -0.39 is 0 Å². The number of halogens is 1. The summed E-state index contributed by atoms with van der Waals surface area (Å²) < 4.78 is 6.09. The summed E-state index contributed by atoms with van der Waals surface area (Å²) in [6.07, 6.45) is 2.36. The van der Waals surface area contributed by atoms with Crippen LogP contribution in [0.2, 0.25) is 0 Å². The Morgan fingerprint density at radius 3 is 2.78 bits per heavy atom. The Bertz CT molecular complexity index is 533. The SMILES string of the molecule is CCOC(=O)C1CCC[NH+](CCC(=O)Nc2ccc(Br)cc2)C1. The van der Waals surface area contributed by atoms with Crippen LogP contribution in [0.1, 0.15) is 26.2 Å². The lowest BCUT2D eigenvalue weighted by Crippen LogP contribution is -3.13. The van der Waals surface area contributed by atoms with Gasteiger partial charge in [-0.3, -0.25) is 9.59 Å². The minimum atomic E-state index is -0.0935. The molecule has 2 unspecified atom stereocenters. The van der Waals surface area contributed by atoms with Crippen molar-refractivity contribution in [2.45, 2.75) is 26.2 Å². The maximum absolute atomic E-state index is 12.0. The molecule has 1 aromatic carbocycles. The van der Waals surface area contributed by atoms with Gasteiger partial charge in [-0.05, 0) is 44.0 Å². The van der Waals surface area contributed by atoms with Crippen molar-refractivity contribution in [3.8, 4) is 0 Å². The number of likely N-dealkylation sites (tertiary alicyclic amines) is 1. The van der Waals surface area contributed by atoms with Crippen LogP contribution in [0.25, 0.3) is 0 Å². The maximum Gasteiger partial charge on any atom is 0.314 e. The second-order valence-electron chi connectivity index (χ2n) is 5.85. The van der Waals surface area contributed by atoms with Gasteiger partial charge in [-0.25, -0.2) is 0 Å². The van der Waals surface area contributed by atoms with Gasteiger partial charge >= 0.3 is 5.97 Å². The van der Waals surface area contributed by atoms with E-state index in [4.69, 9.17) is 4.74 Å². The first-order valence-corrected chi connectivity index (χ1v) is 8.93. The van der Waals surface area contributed by atoms with Crippen LogP contribution in [0.5, 0.6) is 0 Å². The van der Waals surface area contributed by atoms with Crippen molar-refractivity contribution in [1.29, 1.82) is 0 Å². The molecule has 6 heteroatoms. The highest BCUT2D eigenvalue weighted by Gasteiger charge is 2.29. The van der Waals surface area contributed by atoms with Crippen molar-refractivity contribution in [3.63, 3.8) is 0 Å². The Morgan fingerprint density at radius 1 is 1.35 bits per heavy atom. The van der Waals surface area contributed by atoms with Crippen LogP contribution in [-0.4, -0.2) is 38.1 Å². The molecule has 1 fully saturated rings. The summed E-state index contributed by atoms with van der Waals surface area (Å²) in [6.45, 7) is 4.79. The lowest BCUT2D eigenvalue weighted by Gasteiger charge is -2.28. The van der Waals surface area contributed by atoms with Crippen LogP contribution in [-0.2, 0) is 14.3 Å². The van der Waals surface area contributed by atoms with Gasteiger partial charge in [-0.1, -0.05) is 15.9 Å². The highest BCUT2D eigenvalue weighted by Crippen LogP contribution is 2.14. The molecule has 0 aromatic heterocycles. The summed E-state index contributed by atoms with van der Waals surface area (Å²) in [5.74, 6) is -0.102. The third kappa shape index (κ3) is 5.95. The molecule has 1 saturated heterocycles. The number of hydrogen-bond acceptors (Lipinski definition) is 3.